The van der Waals surface area contributed by atoms with Gasteiger partial charge in [0.15, 0.2) is 13.2 Å². The standard InChI is InChI=1S/C16H13BrClFN2O4/c17-13-6-10(18)4-5-14(13)25-9-16(23)21-20-15(22)8-24-12-3-1-2-11(19)7-12/h1-7H,8-9H2,(H,20,22)(H,21,23). The fourth-order valence-corrected chi connectivity index (χ4v) is 2.45. The Morgan fingerprint density at radius 1 is 1.04 bits per heavy atom. The molecular formula is C16H13BrClFN2O4. The first kappa shape index (κ1) is 19.0. The van der Waals surface area contributed by atoms with Crippen molar-refractivity contribution >= 4 is 39.3 Å². The molecule has 0 fully saturated rings. The summed E-state index contributed by atoms with van der Waals surface area (Å²) in [7, 11) is 0. The van der Waals surface area contributed by atoms with Crippen molar-refractivity contribution in [3.8, 4) is 11.5 Å². The van der Waals surface area contributed by atoms with Crippen LogP contribution in [-0.4, -0.2) is 25.0 Å². The highest BCUT2D eigenvalue weighted by atomic mass is 79.9. The monoisotopic (exact) mass is 430 g/mol. The van der Waals surface area contributed by atoms with Gasteiger partial charge in [0.25, 0.3) is 11.8 Å². The lowest BCUT2D eigenvalue weighted by Gasteiger charge is -2.10. The molecule has 2 aromatic carbocycles. The third kappa shape index (κ3) is 6.60. The van der Waals surface area contributed by atoms with Crippen LogP contribution in [0.2, 0.25) is 5.02 Å². The van der Waals surface area contributed by atoms with Gasteiger partial charge in [-0.25, -0.2) is 4.39 Å². The fourth-order valence-electron chi connectivity index (χ4n) is 1.65. The van der Waals surface area contributed by atoms with Crippen molar-refractivity contribution in [2.75, 3.05) is 13.2 Å². The largest absolute Gasteiger partial charge is 0.484 e. The summed E-state index contributed by atoms with van der Waals surface area (Å²) in [6, 6.07) is 10.2. The lowest BCUT2D eigenvalue weighted by Crippen LogP contribution is -2.45. The number of hydrazine groups is 1. The molecule has 0 saturated carbocycles. The number of ether oxygens (including phenoxy) is 2. The number of nitrogens with one attached hydrogen (secondary N) is 2. The van der Waals surface area contributed by atoms with E-state index in [9.17, 15) is 14.0 Å². The van der Waals surface area contributed by atoms with E-state index in [1.54, 1.807) is 18.2 Å². The summed E-state index contributed by atoms with van der Waals surface area (Å²) in [6.45, 7) is -0.696. The average Bonchev–Trinajstić information content (AvgIpc) is 2.57. The summed E-state index contributed by atoms with van der Waals surface area (Å²) in [6.07, 6.45) is 0. The molecule has 0 bridgehead atoms. The van der Waals surface area contributed by atoms with Gasteiger partial charge in [-0.3, -0.25) is 20.4 Å². The number of amides is 2. The molecule has 0 atom stereocenters. The van der Waals surface area contributed by atoms with Crippen LogP contribution in [0.25, 0.3) is 0 Å². The molecule has 0 unspecified atom stereocenters. The van der Waals surface area contributed by atoms with Gasteiger partial charge in [0.1, 0.15) is 17.3 Å². The van der Waals surface area contributed by atoms with E-state index in [0.717, 1.165) is 6.07 Å². The Kier molecular flexibility index (Phi) is 7.03. The van der Waals surface area contributed by atoms with Crippen molar-refractivity contribution in [1.82, 2.24) is 10.9 Å². The van der Waals surface area contributed by atoms with E-state index in [1.165, 1.54) is 18.2 Å². The molecule has 2 N–H and O–H groups in total. The third-order valence-corrected chi connectivity index (χ3v) is 3.61. The summed E-state index contributed by atoms with van der Waals surface area (Å²) in [5.74, 6) is -1.01. The smallest absolute Gasteiger partial charge is 0.276 e. The van der Waals surface area contributed by atoms with Crippen LogP contribution in [0.4, 0.5) is 4.39 Å². The Morgan fingerprint density at radius 3 is 2.36 bits per heavy atom. The minimum Gasteiger partial charge on any atom is -0.484 e. The molecule has 2 aromatic rings. The molecule has 9 heteroatoms. The van der Waals surface area contributed by atoms with E-state index in [2.05, 4.69) is 26.8 Å². The van der Waals surface area contributed by atoms with Gasteiger partial charge in [-0.15, -0.1) is 0 Å². The molecule has 0 saturated heterocycles. The topological polar surface area (TPSA) is 76.7 Å². The van der Waals surface area contributed by atoms with Gasteiger partial charge in [0, 0.05) is 11.1 Å². The number of hydrogen-bond acceptors (Lipinski definition) is 4. The van der Waals surface area contributed by atoms with E-state index in [-0.39, 0.29) is 19.0 Å². The van der Waals surface area contributed by atoms with E-state index < -0.39 is 17.6 Å². The zero-order chi connectivity index (χ0) is 18.2. The Bertz CT molecular complexity index is 776. The molecule has 0 aliphatic carbocycles. The third-order valence-electron chi connectivity index (χ3n) is 2.76. The lowest BCUT2D eigenvalue weighted by atomic mass is 10.3. The predicted octanol–water partition coefficient (Wildman–Crippen LogP) is 2.85. The normalized spacial score (nSPS) is 10.0. The maximum absolute atomic E-state index is 13.0. The number of carbonyl (C=O) groups is 2. The second kappa shape index (κ2) is 9.24. The zero-order valence-corrected chi connectivity index (χ0v) is 15.1. The summed E-state index contributed by atoms with van der Waals surface area (Å²) < 4.78 is 23.9. The molecule has 2 rings (SSSR count). The predicted molar refractivity (Wildman–Crippen MR) is 92.8 cm³/mol. The van der Waals surface area contributed by atoms with Gasteiger partial charge in [-0.1, -0.05) is 17.7 Å². The van der Waals surface area contributed by atoms with Crippen LogP contribution < -0.4 is 20.3 Å². The van der Waals surface area contributed by atoms with Crippen LogP contribution in [0.5, 0.6) is 11.5 Å². The SMILES string of the molecule is O=C(COc1cccc(F)c1)NNC(=O)COc1ccc(Cl)cc1Br. The van der Waals surface area contributed by atoms with Crippen LogP contribution in [0.1, 0.15) is 0 Å². The Hall–Kier alpha value is -2.32. The van der Waals surface area contributed by atoms with Gasteiger partial charge in [-0.05, 0) is 46.3 Å². The maximum Gasteiger partial charge on any atom is 0.276 e. The molecule has 0 radical (unpaired) electrons. The van der Waals surface area contributed by atoms with Crippen LogP contribution in [0.3, 0.4) is 0 Å². The first-order valence-electron chi connectivity index (χ1n) is 6.98. The Morgan fingerprint density at radius 2 is 1.72 bits per heavy atom. The second-order valence-electron chi connectivity index (χ2n) is 4.71. The molecule has 0 aliphatic heterocycles. The van der Waals surface area contributed by atoms with Crippen molar-refractivity contribution in [2.45, 2.75) is 0 Å². The highest BCUT2D eigenvalue weighted by Gasteiger charge is 2.08. The van der Waals surface area contributed by atoms with Crippen LogP contribution in [-0.2, 0) is 9.59 Å². The first-order chi connectivity index (χ1) is 11.9. The number of halogens is 3. The molecule has 25 heavy (non-hydrogen) atoms. The number of benzene rings is 2. The van der Waals surface area contributed by atoms with Gasteiger partial charge in [0.2, 0.25) is 0 Å². The van der Waals surface area contributed by atoms with E-state index in [4.69, 9.17) is 21.1 Å². The molecular weight excluding hydrogens is 419 g/mol. The molecule has 132 valence electrons. The van der Waals surface area contributed by atoms with Gasteiger partial charge in [-0.2, -0.15) is 0 Å². The first-order valence-corrected chi connectivity index (χ1v) is 8.15. The quantitative estimate of drug-likeness (QED) is 0.690. The van der Waals surface area contributed by atoms with Crippen molar-refractivity contribution in [2.24, 2.45) is 0 Å². The van der Waals surface area contributed by atoms with Crippen molar-refractivity contribution in [3.63, 3.8) is 0 Å². The van der Waals surface area contributed by atoms with Crippen molar-refractivity contribution in [1.29, 1.82) is 0 Å². The summed E-state index contributed by atoms with van der Waals surface area (Å²) in [5.41, 5.74) is 4.33. The highest BCUT2D eigenvalue weighted by Crippen LogP contribution is 2.27. The Balaban J connectivity index is 1.69. The summed E-state index contributed by atoms with van der Waals surface area (Å²) in [5, 5.41) is 0.522. The van der Waals surface area contributed by atoms with Gasteiger partial charge in [0.05, 0.1) is 4.47 Å². The minimum atomic E-state index is -0.606. The summed E-state index contributed by atoms with van der Waals surface area (Å²) in [4.78, 5) is 23.2. The molecule has 0 aliphatic rings. The number of hydrogen-bond donors (Lipinski definition) is 2. The van der Waals surface area contributed by atoms with E-state index >= 15 is 0 Å². The second-order valence-corrected chi connectivity index (χ2v) is 6.00. The van der Waals surface area contributed by atoms with Crippen LogP contribution in [0, 0.1) is 5.82 Å². The van der Waals surface area contributed by atoms with Gasteiger partial charge >= 0.3 is 0 Å². The van der Waals surface area contributed by atoms with Gasteiger partial charge < -0.3 is 9.47 Å². The van der Waals surface area contributed by atoms with Crippen LogP contribution >= 0.6 is 27.5 Å². The minimum absolute atomic E-state index is 0.206. The number of rotatable bonds is 6. The molecule has 2 amide bonds. The average molecular weight is 432 g/mol. The highest BCUT2D eigenvalue weighted by molar-refractivity contribution is 9.10. The van der Waals surface area contributed by atoms with E-state index in [1.807, 2.05) is 0 Å². The lowest BCUT2D eigenvalue weighted by molar-refractivity contribution is -0.131. The van der Waals surface area contributed by atoms with E-state index in [0.29, 0.717) is 15.2 Å². The molecule has 0 spiro atoms. The maximum atomic E-state index is 13.0. The Labute approximate surface area is 156 Å². The van der Waals surface area contributed by atoms with Crippen molar-refractivity contribution in [3.05, 3.63) is 57.8 Å². The van der Waals surface area contributed by atoms with Crippen LogP contribution in [0.15, 0.2) is 46.9 Å². The molecule has 0 heterocycles. The van der Waals surface area contributed by atoms with Crippen molar-refractivity contribution < 1.29 is 23.5 Å². The zero-order valence-electron chi connectivity index (χ0n) is 12.7. The molecule has 0 aromatic heterocycles. The molecule has 6 nitrogen and oxygen atoms in total. The fraction of sp³-hybridized carbons (Fsp3) is 0.125. The summed E-state index contributed by atoms with van der Waals surface area (Å²) >= 11 is 9.05. The number of carbonyl (C=O) groups excluding carboxylic acids is 2.